The number of fused-ring (bicyclic) bond motifs is 1. The number of aliphatic carboxylic acids is 1. The lowest BCUT2D eigenvalue weighted by molar-refractivity contribution is -0.136. The monoisotopic (exact) mass is 529 g/mol. The van der Waals surface area contributed by atoms with Gasteiger partial charge in [0, 0.05) is 28.0 Å². The van der Waals surface area contributed by atoms with Crippen LogP contribution in [0.1, 0.15) is 17.5 Å². The van der Waals surface area contributed by atoms with Crippen molar-refractivity contribution in [1.82, 2.24) is 3.97 Å². The largest absolute Gasteiger partial charge is 0.497 e. The van der Waals surface area contributed by atoms with Gasteiger partial charge in [-0.25, -0.2) is 12.4 Å². The van der Waals surface area contributed by atoms with Crippen LogP contribution < -0.4 is 9.47 Å². The van der Waals surface area contributed by atoms with Crippen molar-refractivity contribution in [3.05, 3.63) is 53.7 Å². The van der Waals surface area contributed by atoms with Gasteiger partial charge in [-0.3, -0.25) is 4.79 Å². The normalized spacial score (nSPS) is 11.6. The Hall–Kier alpha value is -2.27. The summed E-state index contributed by atoms with van der Waals surface area (Å²) in [6.45, 7) is 0. The first-order valence-corrected chi connectivity index (χ1v) is 11.7. The van der Waals surface area contributed by atoms with Gasteiger partial charge in [-0.05, 0) is 48.4 Å². The Kier molecular flexibility index (Phi) is 6.37. The number of rotatable bonds is 8. The molecular formula is C20H20INO6S. The number of benzene rings is 2. The number of aromatic nitrogens is 1. The predicted octanol–water partition coefficient (Wildman–Crippen LogP) is 3.85. The lowest BCUT2D eigenvalue weighted by Crippen LogP contribution is -2.12. The number of carbonyl (C=O) groups is 1. The van der Waals surface area contributed by atoms with Crippen molar-refractivity contribution in [3.63, 3.8) is 0 Å². The number of methoxy groups -OCH3 is 2. The van der Waals surface area contributed by atoms with E-state index in [2.05, 4.69) is 22.6 Å². The average Bonchev–Trinajstić information content (AvgIpc) is 3.10. The molecule has 9 heteroatoms. The van der Waals surface area contributed by atoms with E-state index in [-0.39, 0.29) is 17.7 Å². The quantitative estimate of drug-likeness (QED) is 0.352. The number of hydrogen-bond acceptors (Lipinski definition) is 5. The Morgan fingerprint density at radius 2 is 1.86 bits per heavy atom. The van der Waals surface area contributed by atoms with Crippen molar-refractivity contribution in [2.45, 2.75) is 22.2 Å². The van der Waals surface area contributed by atoms with Gasteiger partial charge in [0.2, 0.25) is 0 Å². The second-order valence-corrected chi connectivity index (χ2v) is 8.92. The molecule has 0 aliphatic carbocycles. The van der Waals surface area contributed by atoms with Crippen molar-refractivity contribution in [1.29, 1.82) is 0 Å². The average molecular weight is 529 g/mol. The fourth-order valence-corrected chi connectivity index (χ4v) is 5.18. The highest BCUT2D eigenvalue weighted by atomic mass is 127. The molecule has 0 spiro atoms. The van der Waals surface area contributed by atoms with Crippen LogP contribution in [0.5, 0.6) is 11.5 Å². The van der Waals surface area contributed by atoms with Gasteiger partial charge in [0.1, 0.15) is 11.5 Å². The zero-order chi connectivity index (χ0) is 21.2. The Labute approximate surface area is 182 Å². The highest BCUT2D eigenvalue weighted by molar-refractivity contribution is 14.1. The van der Waals surface area contributed by atoms with Crippen molar-refractivity contribution in [2.75, 3.05) is 14.2 Å². The third-order valence-electron chi connectivity index (χ3n) is 4.62. The van der Waals surface area contributed by atoms with Crippen molar-refractivity contribution in [3.8, 4) is 11.5 Å². The number of carboxylic acid groups (broad SMARTS) is 1. The Morgan fingerprint density at radius 1 is 1.10 bits per heavy atom. The molecule has 29 heavy (non-hydrogen) atoms. The van der Waals surface area contributed by atoms with E-state index in [1.807, 2.05) is 0 Å². The van der Waals surface area contributed by atoms with Gasteiger partial charge in [0.15, 0.2) is 0 Å². The molecule has 1 aromatic heterocycles. The second-order valence-electron chi connectivity index (χ2n) is 6.34. The Bertz CT molecular complexity index is 1170. The maximum absolute atomic E-state index is 13.4. The molecule has 0 aliphatic heterocycles. The maximum Gasteiger partial charge on any atom is 0.303 e. The molecule has 0 bridgehead atoms. The van der Waals surface area contributed by atoms with E-state index >= 15 is 0 Å². The number of carboxylic acids is 1. The molecule has 0 aliphatic rings. The molecule has 7 nitrogen and oxygen atoms in total. The molecule has 0 atom stereocenters. The van der Waals surface area contributed by atoms with Crippen LogP contribution in [-0.4, -0.2) is 37.7 Å². The van der Waals surface area contributed by atoms with E-state index in [1.165, 1.54) is 23.3 Å². The van der Waals surface area contributed by atoms with E-state index in [0.29, 0.717) is 32.4 Å². The van der Waals surface area contributed by atoms with Crippen LogP contribution in [-0.2, 0) is 25.7 Å². The highest BCUT2D eigenvalue weighted by Gasteiger charge is 2.23. The van der Waals surface area contributed by atoms with E-state index in [1.54, 1.807) is 37.4 Å². The van der Waals surface area contributed by atoms with Crippen LogP contribution in [0.4, 0.5) is 0 Å². The zero-order valence-corrected chi connectivity index (χ0v) is 18.9. The topological polar surface area (TPSA) is 94.8 Å². The molecule has 0 saturated carbocycles. The lowest BCUT2D eigenvalue weighted by Gasteiger charge is -2.11. The first-order valence-electron chi connectivity index (χ1n) is 8.70. The molecule has 3 aromatic rings. The standard InChI is InChI=1S/C20H20INO6S/c1-27-15-4-6-18-17(10-15)13(3-8-20(23)24)12-22(18)29(25,26)16-5-7-19(28-2)14(9-16)11-21/h4-7,9-10,12H,3,8,11H2,1-2H3,(H,23,24). The minimum Gasteiger partial charge on any atom is -0.497 e. The summed E-state index contributed by atoms with van der Waals surface area (Å²) in [7, 11) is -0.826. The predicted molar refractivity (Wildman–Crippen MR) is 118 cm³/mol. The summed E-state index contributed by atoms with van der Waals surface area (Å²) in [5.41, 5.74) is 1.88. The summed E-state index contributed by atoms with van der Waals surface area (Å²) in [5.74, 6) is 0.252. The molecule has 0 saturated heterocycles. The summed E-state index contributed by atoms with van der Waals surface area (Å²) in [5, 5.41) is 9.69. The van der Waals surface area contributed by atoms with E-state index in [9.17, 15) is 13.2 Å². The SMILES string of the molecule is COc1ccc2c(c1)c(CCC(=O)O)cn2S(=O)(=O)c1ccc(OC)c(CI)c1. The number of halogens is 1. The van der Waals surface area contributed by atoms with Gasteiger partial charge < -0.3 is 14.6 Å². The van der Waals surface area contributed by atoms with Gasteiger partial charge >= 0.3 is 5.97 Å². The second kappa shape index (κ2) is 8.62. The fraction of sp³-hybridized carbons (Fsp3) is 0.250. The van der Waals surface area contributed by atoms with Crippen molar-refractivity contribution >= 4 is 49.5 Å². The number of nitrogens with zero attached hydrogens (tertiary/aromatic N) is 1. The molecule has 1 N–H and O–H groups in total. The van der Waals surface area contributed by atoms with Crippen molar-refractivity contribution < 1.29 is 27.8 Å². The third kappa shape index (κ3) is 4.20. The van der Waals surface area contributed by atoms with E-state index < -0.39 is 16.0 Å². The minimum absolute atomic E-state index is 0.0993. The third-order valence-corrected chi connectivity index (χ3v) is 7.11. The van der Waals surface area contributed by atoms with Crippen LogP contribution in [0.15, 0.2) is 47.5 Å². The summed E-state index contributed by atoms with van der Waals surface area (Å²) in [6.07, 6.45) is 1.61. The maximum atomic E-state index is 13.4. The molecule has 2 aromatic carbocycles. The van der Waals surface area contributed by atoms with Gasteiger partial charge in [0.05, 0.1) is 24.6 Å². The van der Waals surface area contributed by atoms with Crippen LogP contribution in [0.2, 0.25) is 0 Å². The van der Waals surface area contributed by atoms with E-state index in [4.69, 9.17) is 14.6 Å². The minimum atomic E-state index is -3.89. The van der Waals surface area contributed by atoms with Gasteiger partial charge in [-0.2, -0.15) is 0 Å². The van der Waals surface area contributed by atoms with E-state index in [0.717, 1.165) is 5.56 Å². The van der Waals surface area contributed by atoms with Crippen LogP contribution >= 0.6 is 22.6 Å². The molecular weight excluding hydrogens is 509 g/mol. The summed E-state index contributed by atoms with van der Waals surface area (Å²) < 4.78 is 39.1. The number of alkyl halides is 1. The number of ether oxygens (including phenoxy) is 2. The molecule has 0 fully saturated rings. The first kappa shape index (κ1) is 21.4. The molecule has 0 unspecified atom stereocenters. The Balaban J connectivity index is 2.18. The molecule has 0 amide bonds. The smallest absolute Gasteiger partial charge is 0.303 e. The highest BCUT2D eigenvalue weighted by Crippen LogP contribution is 2.31. The zero-order valence-electron chi connectivity index (χ0n) is 15.9. The number of aryl methyl sites for hydroxylation is 1. The van der Waals surface area contributed by atoms with Crippen LogP contribution in [0.25, 0.3) is 10.9 Å². The summed E-state index contributed by atoms with van der Waals surface area (Å²) in [6, 6.07) is 9.82. The van der Waals surface area contributed by atoms with Crippen LogP contribution in [0.3, 0.4) is 0 Å². The lowest BCUT2D eigenvalue weighted by atomic mass is 10.1. The molecule has 3 rings (SSSR count). The first-order chi connectivity index (χ1) is 13.8. The molecule has 0 radical (unpaired) electrons. The molecule has 1 heterocycles. The summed E-state index contributed by atoms with van der Waals surface area (Å²) in [4.78, 5) is 11.2. The molecule has 154 valence electrons. The van der Waals surface area contributed by atoms with Crippen molar-refractivity contribution in [2.24, 2.45) is 0 Å². The van der Waals surface area contributed by atoms with Gasteiger partial charge in [-0.1, -0.05) is 22.6 Å². The fourth-order valence-electron chi connectivity index (χ4n) is 3.15. The van der Waals surface area contributed by atoms with Gasteiger partial charge in [0.25, 0.3) is 10.0 Å². The summed E-state index contributed by atoms with van der Waals surface area (Å²) >= 11 is 2.15. The van der Waals surface area contributed by atoms with Gasteiger partial charge in [-0.15, -0.1) is 0 Å². The Morgan fingerprint density at radius 3 is 2.48 bits per heavy atom. The van der Waals surface area contributed by atoms with Crippen LogP contribution in [0, 0.1) is 0 Å². The number of hydrogen-bond donors (Lipinski definition) is 1.